The van der Waals surface area contributed by atoms with Crippen molar-refractivity contribution in [3.8, 4) is 0 Å². The van der Waals surface area contributed by atoms with E-state index in [0.29, 0.717) is 19.3 Å². The first kappa shape index (κ1) is 66.3. The number of unbranched alkanes of at least 4 members (excludes halogenated alkanes) is 25. The van der Waals surface area contributed by atoms with E-state index in [1.165, 1.54) is 109 Å². The van der Waals surface area contributed by atoms with Crippen LogP contribution in [0.15, 0.2) is 97.2 Å². The third kappa shape index (κ3) is 55.3. The van der Waals surface area contributed by atoms with E-state index >= 15 is 0 Å². The van der Waals surface area contributed by atoms with Crippen LogP contribution in [0, 0.1) is 0 Å². The van der Waals surface area contributed by atoms with Crippen LogP contribution >= 0.6 is 0 Å². The SMILES string of the molecule is CC/C=C\C/C=C\C/C=C\C/C=C\C/C=C\C/C=C\CCCCCCCCCCCCC(=O)OCC(COC(=O)CCCCCCCCCCC)OC(=O)CCCCCCC/C=C\C/C=C\CCCC. The fourth-order valence-corrected chi connectivity index (χ4v) is 7.93. The van der Waals surface area contributed by atoms with Gasteiger partial charge in [0.1, 0.15) is 13.2 Å². The summed E-state index contributed by atoms with van der Waals surface area (Å²) in [6.45, 7) is 6.45. The van der Waals surface area contributed by atoms with Crippen LogP contribution in [0.5, 0.6) is 0 Å². The van der Waals surface area contributed by atoms with E-state index in [1.807, 2.05) is 0 Å². The number of carbonyl (C=O) groups is 3. The molecule has 1 unspecified atom stereocenters. The van der Waals surface area contributed by atoms with Crippen molar-refractivity contribution in [2.75, 3.05) is 13.2 Å². The quantitative estimate of drug-likeness (QED) is 0.0262. The van der Waals surface area contributed by atoms with E-state index in [2.05, 4.69) is 118 Å². The Labute approximate surface area is 432 Å². The minimum Gasteiger partial charge on any atom is -0.462 e. The summed E-state index contributed by atoms with van der Waals surface area (Å²) >= 11 is 0. The molecule has 6 nitrogen and oxygen atoms in total. The summed E-state index contributed by atoms with van der Waals surface area (Å²) < 4.78 is 16.8. The first-order chi connectivity index (χ1) is 34.5. The first-order valence-corrected chi connectivity index (χ1v) is 29.2. The van der Waals surface area contributed by atoms with Crippen molar-refractivity contribution in [3.63, 3.8) is 0 Å². The molecule has 0 amide bonds. The maximum atomic E-state index is 12.8. The van der Waals surface area contributed by atoms with Crippen LogP contribution in [-0.2, 0) is 28.6 Å². The van der Waals surface area contributed by atoms with Gasteiger partial charge in [-0.05, 0) is 96.3 Å². The van der Waals surface area contributed by atoms with Crippen LogP contribution in [0.3, 0.4) is 0 Å². The van der Waals surface area contributed by atoms with Gasteiger partial charge in [0, 0.05) is 19.3 Å². The molecular formula is C64H108O6. The van der Waals surface area contributed by atoms with E-state index < -0.39 is 6.10 Å². The molecule has 0 saturated carbocycles. The van der Waals surface area contributed by atoms with Crippen LogP contribution in [0.25, 0.3) is 0 Å². The van der Waals surface area contributed by atoms with Gasteiger partial charge < -0.3 is 14.2 Å². The van der Waals surface area contributed by atoms with Gasteiger partial charge in [0.05, 0.1) is 0 Å². The Balaban J connectivity index is 4.20. The predicted octanol–water partition coefficient (Wildman–Crippen LogP) is 19.7. The lowest BCUT2D eigenvalue weighted by molar-refractivity contribution is -0.167. The number of esters is 3. The third-order valence-corrected chi connectivity index (χ3v) is 12.3. The Bertz CT molecular complexity index is 1400. The minimum absolute atomic E-state index is 0.0825. The maximum absolute atomic E-state index is 12.8. The number of rotatable bonds is 52. The Kier molecular flexibility index (Phi) is 54.9. The van der Waals surface area contributed by atoms with Gasteiger partial charge >= 0.3 is 17.9 Å². The molecule has 0 aliphatic heterocycles. The van der Waals surface area contributed by atoms with Crippen molar-refractivity contribution < 1.29 is 28.6 Å². The highest BCUT2D eigenvalue weighted by molar-refractivity contribution is 5.71. The maximum Gasteiger partial charge on any atom is 0.306 e. The van der Waals surface area contributed by atoms with Gasteiger partial charge in [-0.15, -0.1) is 0 Å². The largest absolute Gasteiger partial charge is 0.462 e. The highest BCUT2D eigenvalue weighted by atomic mass is 16.6. The molecule has 0 bridgehead atoms. The summed E-state index contributed by atoms with van der Waals surface area (Å²) in [5, 5.41) is 0. The second kappa shape index (κ2) is 57.9. The zero-order chi connectivity index (χ0) is 50.7. The van der Waals surface area contributed by atoms with Crippen molar-refractivity contribution in [1.82, 2.24) is 0 Å². The molecule has 6 heteroatoms. The summed E-state index contributed by atoms with van der Waals surface area (Å²) in [6.07, 6.45) is 77.0. The second-order valence-corrected chi connectivity index (χ2v) is 19.2. The molecule has 0 aliphatic rings. The van der Waals surface area contributed by atoms with E-state index in [9.17, 15) is 14.4 Å². The highest BCUT2D eigenvalue weighted by Gasteiger charge is 2.19. The number of carbonyl (C=O) groups excluding carboxylic acids is 3. The van der Waals surface area contributed by atoms with Gasteiger partial charge in [-0.3, -0.25) is 14.4 Å². The molecule has 400 valence electrons. The Morgan fingerprint density at radius 1 is 0.300 bits per heavy atom. The molecule has 0 heterocycles. The first-order valence-electron chi connectivity index (χ1n) is 29.2. The molecular weight excluding hydrogens is 865 g/mol. The van der Waals surface area contributed by atoms with Gasteiger partial charge in [0.2, 0.25) is 0 Å². The van der Waals surface area contributed by atoms with Gasteiger partial charge in [-0.1, -0.05) is 253 Å². The summed E-state index contributed by atoms with van der Waals surface area (Å²) in [4.78, 5) is 38.0. The van der Waals surface area contributed by atoms with Crippen molar-refractivity contribution in [1.29, 1.82) is 0 Å². The molecule has 0 aromatic rings. The van der Waals surface area contributed by atoms with E-state index in [-0.39, 0.29) is 31.1 Å². The van der Waals surface area contributed by atoms with Crippen molar-refractivity contribution >= 4 is 17.9 Å². The predicted molar refractivity (Wildman–Crippen MR) is 302 cm³/mol. The number of allylic oxidation sites excluding steroid dienone is 16. The van der Waals surface area contributed by atoms with Gasteiger partial charge in [0.25, 0.3) is 0 Å². The fourth-order valence-electron chi connectivity index (χ4n) is 7.93. The summed E-state index contributed by atoms with van der Waals surface area (Å²) in [7, 11) is 0. The van der Waals surface area contributed by atoms with Crippen LogP contribution in [-0.4, -0.2) is 37.2 Å². The van der Waals surface area contributed by atoms with Crippen molar-refractivity contribution in [2.24, 2.45) is 0 Å². The fraction of sp³-hybridized carbons (Fsp3) is 0.703. The smallest absolute Gasteiger partial charge is 0.306 e. The average Bonchev–Trinajstić information content (AvgIpc) is 3.36. The number of ether oxygens (including phenoxy) is 3. The molecule has 0 aromatic carbocycles. The topological polar surface area (TPSA) is 78.9 Å². The van der Waals surface area contributed by atoms with Gasteiger partial charge in [0.15, 0.2) is 6.10 Å². The van der Waals surface area contributed by atoms with Crippen molar-refractivity contribution in [2.45, 2.75) is 277 Å². The average molecular weight is 974 g/mol. The van der Waals surface area contributed by atoms with Crippen LogP contribution in [0.1, 0.15) is 271 Å². The normalized spacial score (nSPS) is 12.8. The summed E-state index contributed by atoms with van der Waals surface area (Å²) in [6, 6.07) is 0. The Morgan fingerprint density at radius 2 is 0.571 bits per heavy atom. The molecule has 0 rings (SSSR count). The van der Waals surface area contributed by atoms with Crippen LogP contribution in [0.2, 0.25) is 0 Å². The van der Waals surface area contributed by atoms with Gasteiger partial charge in [-0.25, -0.2) is 0 Å². The number of hydrogen-bond acceptors (Lipinski definition) is 6. The number of hydrogen-bond donors (Lipinski definition) is 0. The van der Waals surface area contributed by atoms with Crippen LogP contribution < -0.4 is 0 Å². The Morgan fingerprint density at radius 3 is 0.914 bits per heavy atom. The monoisotopic (exact) mass is 973 g/mol. The minimum atomic E-state index is -0.784. The molecule has 0 saturated heterocycles. The molecule has 1 atom stereocenters. The van der Waals surface area contributed by atoms with Gasteiger partial charge in [-0.2, -0.15) is 0 Å². The lowest BCUT2D eigenvalue weighted by Crippen LogP contribution is -2.30. The highest BCUT2D eigenvalue weighted by Crippen LogP contribution is 2.15. The van der Waals surface area contributed by atoms with E-state index in [0.717, 1.165) is 122 Å². The van der Waals surface area contributed by atoms with Crippen molar-refractivity contribution in [3.05, 3.63) is 97.2 Å². The standard InChI is InChI=1S/C64H108O6/c1-4-7-10-13-16-19-21-23-25-26-27-28-29-30-31-32-33-34-35-36-37-38-39-41-42-45-48-51-54-57-63(66)69-60-61(59-68-62(65)56-53-50-47-44-18-15-12-9-6-3)70-64(67)58-55-52-49-46-43-40-24-22-20-17-14-11-8-5-2/h7,10,14,16-17,19,22-25,27-28,30-31,33-34,61H,4-6,8-9,11-13,15,18,20-21,26,29,32,35-60H2,1-3H3/b10-7-,17-14-,19-16-,24-22-,25-23-,28-27-,31-30-,34-33-. The summed E-state index contributed by atoms with van der Waals surface area (Å²) in [5.74, 6) is -0.901. The molecule has 0 spiro atoms. The molecule has 0 fully saturated rings. The third-order valence-electron chi connectivity index (χ3n) is 12.3. The van der Waals surface area contributed by atoms with E-state index in [1.54, 1.807) is 0 Å². The second-order valence-electron chi connectivity index (χ2n) is 19.2. The van der Waals surface area contributed by atoms with Crippen LogP contribution in [0.4, 0.5) is 0 Å². The molecule has 0 radical (unpaired) electrons. The molecule has 70 heavy (non-hydrogen) atoms. The molecule has 0 aromatic heterocycles. The molecule has 0 N–H and O–H groups in total. The lowest BCUT2D eigenvalue weighted by Gasteiger charge is -2.18. The Hall–Kier alpha value is -3.67. The lowest BCUT2D eigenvalue weighted by atomic mass is 10.1. The van der Waals surface area contributed by atoms with E-state index in [4.69, 9.17) is 14.2 Å². The zero-order valence-electron chi connectivity index (χ0n) is 45.8. The molecule has 0 aliphatic carbocycles. The zero-order valence-corrected chi connectivity index (χ0v) is 45.8. The summed E-state index contributed by atoms with van der Waals surface area (Å²) in [5.41, 5.74) is 0.